The first kappa shape index (κ1) is 23.3. The van der Waals surface area contributed by atoms with Crippen molar-refractivity contribution in [2.75, 3.05) is 26.1 Å². The van der Waals surface area contributed by atoms with Gasteiger partial charge in [-0.05, 0) is 0 Å². The van der Waals surface area contributed by atoms with Gasteiger partial charge in [0.05, 0.1) is 25.2 Å². The van der Waals surface area contributed by atoms with Crippen LogP contribution < -0.4 is 14.8 Å². The van der Waals surface area contributed by atoms with Crippen molar-refractivity contribution in [3.8, 4) is 11.5 Å². The van der Waals surface area contributed by atoms with E-state index in [0.29, 0.717) is 0 Å². The molecule has 1 N–H and O–H groups in total. The number of nitrogens with one attached hydrogen (secondary N) is 1. The standard InChI is InChI=1S/C17H11F5N2O7/c1-29-8-3-6(7(24(27)28)4-9(8)30-2)17(26)31-5-10(25)23-16-14(21)12(19)11(18)13(20)15(16)22/h3-4H,5H2,1-2H3,(H,23,25). The van der Waals surface area contributed by atoms with E-state index in [1.807, 2.05) is 0 Å². The highest BCUT2D eigenvalue weighted by Gasteiger charge is 2.28. The number of hydrogen-bond acceptors (Lipinski definition) is 7. The summed E-state index contributed by atoms with van der Waals surface area (Å²) in [5, 5.41) is 12.6. The van der Waals surface area contributed by atoms with Crippen molar-refractivity contribution in [3.63, 3.8) is 0 Å². The molecule has 0 radical (unpaired) electrons. The Kier molecular flexibility index (Phi) is 6.94. The van der Waals surface area contributed by atoms with Crippen LogP contribution in [0.5, 0.6) is 11.5 Å². The fraction of sp³-hybridized carbons (Fsp3) is 0.176. The molecule has 31 heavy (non-hydrogen) atoms. The summed E-state index contributed by atoms with van der Waals surface area (Å²) in [6.07, 6.45) is 0. The zero-order valence-corrected chi connectivity index (χ0v) is 15.6. The maximum atomic E-state index is 13.6. The second-order valence-electron chi connectivity index (χ2n) is 5.55. The summed E-state index contributed by atoms with van der Waals surface area (Å²) in [7, 11) is 2.36. The Balaban J connectivity index is 2.22. The molecular weight excluding hydrogens is 439 g/mol. The predicted molar refractivity (Wildman–Crippen MR) is 91.3 cm³/mol. The van der Waals surface area contributed by atoms with Gasteiger partial charge in [0.1, 0.15) is 11.3 Å². The average molecular weight is 450 g/mol. The van der Waals surface area contributed by atoms with Crippen LogP contribution in [0.15, 0.2) is 12.1 Å². The second kappa shape index (κ2) is 9.23. The van der Waals surface area contributed by atoms with E-state index in [9.17, 15) is 41.7 Å². The molecule has 9 nitrogen and oxygen atoms in total. The van der Waals surface area contributed by atoms with Crippen LogP contribution in [0.4, 0.5) is 33.3 Å². The smallest absolute Gasteiger partial charge is 0.345 e. The Morgan fingerprint density at radius 3 is 1.90 bits per heavy atom. The van der Waals surface area contributed by atoms with Crippen molar-refractivity contribution >= 4 is 23.3 Å². The summed E-state index contributed by atoms with van der Waals surface area (Å²) >= 11 is 0. The predicted octanol–water partition coefficient (Wildman–Crippen LogP) is 3.10. The first-order valence-corrected chi connectivity index (χ1v) is 7.92. The lowest BCUT2D eigenvalue weighted by Gasteiger charge is -2.11. The number of ether oxygens (including phenoxy) is 3. The molecule has 166 valence electrons. The third-order valence-electron chi connectivity index (χ3n) is 3.73. The molecule has 0 saturated heterocycles. The van der Waals surface area contributed by atoms with E-state index in [2.05, 4.69) is 4.74 Å². The van der Waals surface area contributed by atoms with Crippen LogP contribution in [-0.4, -0.2) is 37.6 Å². The van der Waals surface area contributed by atoms with Crippen molar-refractivity contribution in [2.24, 2.45) is 0 Å². The van der Waals surface area contributed by atoms with Gasteiger partial charge in [0.25, 0.3) is 11.6 Å². The van der Waals surface area contributed by atoms with E-state index >= 15 is 0 Å². The number of amides is 1. The Morgan fingerprint density at radius 2 is 1.42 bits per heavy atom. The molecule has 2 aromatic rings. The summed E-state index contributed by atoms with van der Waals surface area (Å²) in [6.45, 7) is -1.27. The van der Waals surface area contributed by atoms with Gasteiger partial charge in [0.2, 0.25) is 5.82 Å². The van der Waals surface area contributed by atoms with Crippen LogP contribution in [0.1, 0.15) is 10.4 Å². The fourth-order valence-electron chi connectivity index (χ4n) is 2.28. The molecule has 1 amide bonds. The van der Waals surface area contributed by atoms with E-state index in [-0.39, 0.29) is 11.5 Å². The number of methoxy groups -OCH3 is 2. The Hall–Kier alpha value is -3.97. The molecule has 0 aromatic heterocycles. The summed E-state index contributed by atoms with van der Waals surface area (Å²) in [5.74, 6) is -14.7. The zero-order chi connectivity index (χ0) is 23.5. The number of nitro benzene ring substituents is 1. The lowest BCUT2D eigenvalue weighted by Crippen LogP contribution is -2.23. The average Bonchev–Trinajstić information content (AvgIpc) is 2.76. The number of carbonyl (C=O) groups is 2. The van der Waals surface area contributed by atoms with Gasteiger partial charge in [0.15, 0.2) is 41.4 Å². The van der Waals surface area contributed by atoms with E-state index in [1.54, 1.807) is 0 Å². The molecule has 0 bridgehead atoms. The quantitative estimate of drug-likeness (QED) is 0.172. The highest BCUT2D eigenvalue weighted by atomic mass is 19.2. The van der Waals surface area contributed by atoms with Crippen LogP contribution in [0, 0.1) is 39.2 Å². The van der Waals surface area contributed by atoms with Crippen molar-refractivity contribution < 1.29 is 50.7 Å². The largest absolute Gasteiger partial charge is 0.493 e. The van der Waals surface area contributed by atoms with Crippen LogP contribution >= 0.6 is 0 Å². The van der Waals surface area contributed by atoms with Gasteiger partial charge in [-0.15, -0.1) is 0 Å². The van der Waals surface area contributed by atoms with Crippen molar-refractivity contribution in [2.45, 2.75) is 0 Å². The minimum absolute atomic E-state index is 0.0881. The van der Waals surface area contributed by atoms with Crippen molar-refractivity contribution in [1.82, 2.24) is 0 Å². The topological polar surface area (TPSA) is 117 Å². The molecule has 0 atom stereocenters. The Morgan fingerprint density at radius 1 is 0.935 bits per heavy atom. The molecule has 0 fully saturated rings. The van der Waals surface area contributed by atoms with E-state index in [0.717, 1.165) is 12.1 Å². The molecule has 0 heterocycles. The number of carbonyl (C=O) groups excluding carboxylic acids is 2. The highest BCUT2D eigenvalue weighted by Crippen LogP contribution is 2.35. The molecule has 0 aliphatic rings. The number of anilines is 1. The van der Waals surface area contributed by atoms with Crippen LogP contribution in [0.2, 0.25) is 0 Å². The number of benzene rings is 2. The summed E-state index contributed by atoms with van der Waals surface area (Å²) in [5.41, 5.74) is -3.09. The number of nitro groups is 1. The molecule has 0 aliphatic heterocycles. The molecule has 2 aromatic carbocycles. The van der Waals surface area contributed by atoms with Gasteiger partial charge >= 0.3 is 5.97 Å². The molecule has 0 spiro atoms. The van der Waals surface area contributed by atoms with Gasteiger partial charge in [-0.2, -0.15) is 0 Å². The van der Waals surface area contributed by atoms with Gasteiger partial charge in [0, 0.05) is 6.07 Å². The number of halogens is 5. The molecule has 0 saturated carbocycles. The third-order valence-corrected chi connectivity index (χ3v) is 3.73. The minimum Gasteiger partial charge on any atom is -0.493 e. The number of rotatable bonds is 7. The first-order valence-electron chi connectivity index (χ1n) is 7.92. The molecular formula is C17H11F5N2O7. The first-order chi connectivity index (χ1) is 14.5. The monoisotopic (exact) mass is 450 g/mol. The molecule has 0 unspecified atom stereocenters. The highest BCUT2D eigenvalue weighted by molar-refractivity contribution is 5.98. The molecule has 14 heteroatoms. The third kappa shape index (κ3) is 4.62. The number of esters is 1. The maximum absolute atomic E-state index is 13.6. The lowest BCUT2D eigenvalue weighted by atomic mass is 10.1. The Bertz CT molecular complexity index is 1050. The summed E-state index contributed by atoms with van der Waals surface area (Å²) < 4.78 is 80.8. The van der Waals surface area contributed by atoms with Crippen LogP contribution in [0.25, 0.3) is 0 Å². The van der Waals surface area contributed by atoms with Gasteiger partial charge in [-0.1, -0.05) is 0 Å². The fourth-order valence-corrected chi connectivity index (χ4v) is 2.28. The minimum atomic E-state index is -2.43. The van der Waals surface area contributed by atoms with E-state index in [1.165, 1.54) is 19.5 Å². The lowest BCUT2D eigenvalue weighted by molar-refractivity contribution is -0.385. The van der Waals surface area contributed by atoms with E-state index < -0.39 is 69.4 Å². The van der Waals surface area contributed by atoms with Crippen LogP contribution in [-0.2, 0) is 9.53 Å². The SMILES string of the molecule is COc1cc(C(=O)OCC(=O)Nc2c(F)c(F)c(F)c(F)c2F)c([N+](=O)[O-])cc1OC. The van der Waals surface area contributed by atoms with Crippen LogP contribution in [0.3, 0.4) is 0 Å². The van der Waals surface area contributed by atoms with Gasteiger partial charge in [-0.25, -0.2) is 26.7 Å². The normalized spacial score (nSPS) is 10.4. The van der Waals surface area contributed by atoms with Gasteiger partial charge in [-0.3, -0.25) is 14.9 Å². The summed E-state index contributed by atoms with van der Waals surface area (Å²) in [4.78, 5) is 34.2. The molecule has 0 aliphatic carbocycles. The van der Waals surface area contributed by atoms with Crippen molar-refractivity contribution in [1.29, 1.82) is 0 Å². The summed E-state index contributed by atoms with van der Waals surface area (Å²) in [6, 6.07) is 1.74. The molecule has 2 rings (SSSR count). The second-order valence-corrected chi connectivity index (χ2v) is 5.55. The van der Waals surface area contributed by atoms with Crippen molar-refractivity contribution in [3.05, 3.63) is 56.9 Å². The number of nitrogens with zero attached hydrogens (tertiary/aromatic N) is 1. The maximum Gasteiger partial charge on any atom is 0.345 e. The Labute approximate surface area is 169 Å². The number of hydrogen-bond donors (Lipinski definition) is 1. The zero-order valence-electron chi connectivity index (χ0n) is 15.6. The van der Waals surface area contributed by atoms with E-state index in [4.69, 9.17) is 9.47 Å². The van der Waals surface area contributed by atoms with Gasteiger partial charge < -0.3 is 19.5 Å².